The van der Waals surface area contributed by atoms with Crippen LogP contribution in [0.25, 0.3) is 0 Å². The summed E-state index contributed by atoms with van der Waals surface area (Å²) in [5, 5.41) is 13.0. The lowest BCUT2D eigenvalue weighted by molar-refractivity contribution is -0.121. The van der Waals surface area contributed by atoms with E-state index < -0.39 is 6.10 Å². The van der Waals surface area contributed by atoms with E-state index in [1.807, 2.05) is 44.2 Å². The van der Waals surface area contributed by atoms with Crippen LogP contribution in [0.15, 0.2) is 48.8 Å². The number of aryl methyl sites for hydroxylation is 1. The van der Waals surface area contributed by atoms with Gasteiger partial charge in [0.2, 0.25) is 5.91 Å². The van der Waals surface area contributed by atoms with Crippen LogP contribution in [0.3, 0.4) is 0 Å². The zero-order valence-electron chi connectivity index (χ0n) is 14.1. The van der Waals surface area contributed by atoms with E-state index in [2.05, 4.69) is 10.3 Å². The van der Waals surface area contributed by atoms with Crippen molar-refractivity contribution < 1.29 is 14.6 Å². The Morgan fingerprint density at radius 3 is 2.71 bits per heavy atom. The van der Waals surface area contributed by atoms with Gasteiger partial charge < -0.3 is 15.2 Å². The topological polar surface area (TPSA) is 71.5 Å². The van der Waals surface area contributed by atoms with Gasteiger partial charge in [0.05, 0.1) is 12.2 Å². The lowest BCUT2D eigenvalue weighted by atomic mass is 10.1. The molecule has 5 nitrogen and oxygen atoms in total. The number of rotatable bonds is 8. The van der Waals surface area contributed by atoms with E-state index in [4.69, 9.17) is 4.74 Å². The Bertz CT molecular complexity index is 644. The third-order valence-corrected chi connectivity index (χ3v) is 3.50. The van der Waals surface area contributed by atoms with Crippen molar-refractivity contribution in [1.29, 1.82) is 0 Å². The van der Waals surface area contributed by atoms with Gasteiger partial charge in [0.15, 0.2) is 0 Å². The van der Waals surface area contributed by atoms with Gasteiger partial charge in [-0.2, -0.15) is 0 Å². The zero-order chi connectivity index (χ0) is 17.4. The predicted molar refractivity (Wildman–Crippen MR) is 92.7 cm³/mol. The van der Waals surface area contributed by atoms with Gasteiger partial charge in [-0.1, -0.05) is 12.1 Å². The molecule has 0 unspecified atom stereocenters. The SMILES string of the molecule is CC(C)Oc1cccc([C@@H](O)CNC(=O)CCc2ccncc2)c1. The smallest absolute Gasteiger partial charge is 0.220 e. The molecule has 0 saturated heterocycles. The maximum Gasteiger partial charge on any atom is 0.220 e. The summed E-state index contributed by atoms with van der Waals surface area (Å²) in [4.78, 5) is 15.8. The number of carbonyl (C=O) groups is 1. The average molecular weight is 328 g/mol. The second-order valence-electron chi connectivity index (χ2n) is 5.91. The summed E-state index contributed by atoms with van der Waals surface area (Å²) in [6, 6.07) is 11.1. The van der Waals surface area contributed by atoms with E-state index in [0.717, 1.165) is 11.1 Å². The Labute approximate surface area is 142 Å². The van der Waals surface area contributed by atoms with Crippen LogP contribution >= 0.6 is 0 Å². The molecule has 1 amide bonds. The van der Waals surface area contributed by atoms with Crippen LogP contribution < -0.4 is 10.1 Å². The van der Waals surface area contributed by atoms with Gasteiger partial charge in [-0.3, -0.25) is 9.78 Å². The van der Waals surface area contributed by atoms with Crippen LogP contribution in [-0.2, 0) is 11.2 Å². The number of amides is 1. The van der Waals surface area contributed by atoms with Crippen molar-refractivity contribution in [2.24, 2.45) is 0 Å². The largest absolute Gasteiger partial charge is 0.491 e. The molecule has 1 atom stereocenters. The number of ether oxygens (including phenoxy) is 1. The van der Waals surface area contributed by atoms with Gasteiger partial charge in [-0.25, -0.2) is 0 Å². The number of hydrogen-bond donors (Lipinski definition) is 2. The predicted octanol–water partition coefficient (Wildman–Crippen LogP) is 2.65. The molecule has 5 heteroatoms. The Kier molecular flexibility index (Phi) is 6.75. The van der Waals surface area contributed by atoms with Crippen molar-refractivity contribution in [1.82, 2.24) is 10.3 Å². The molecule has 0 spiro atoms. The summed E-state index contributed by atoms with van der Waals surface area (Å²) in [6.45, 7) is 4.08. The van der Waals surface area contributed by atoms with Gasteiger partial charge in [0.1, 0.15) is 5.75 Å². The summed E-state index contributed by atoms with van der Waals surface area (Å²) in [6.07, 6.45) is 3.78. The fourth-order valence-corrected chi connectivity index (χ4v) is 2.29. The molecule has 0 aliphatic carbocycles. The molecule has 2 N–H and O–H groups in total. The minimum atomic E-state index is -0.759. The molecule has 2 aromatic rings. The highest BCUT2D eigenvalue weighted by molar-refractivity contribution is 5.76. The van der Waals surface area contributed by atoms with Crippen LogP contribution in [0.5, 0.6) is 5.75 Å². The Morgan fingerprint density at radius 1 is 1.25 bits per heavy atom. The van der Waals surface area contributed by atoms with Crippen LogP contribution in [0.2, 0.25) is 0 Å². The highest BCUT2D eigenvalue weighted by atomic mass is 16.5. The number of hydrogen-bond acceptors (Lipinski definition) is 4. The molecule has 24 heavy (non-hydrogen) atoms. The van der Waals surface area contributed by atoms with E-state index in [-0.39, 0.29) is 18.6 Å². The molecule has 0 fully saturated rings. The first-order valence-electron chi connectivity index (χ1n) is 8.15. The lowest BCUT2D eigenvalue weighted by Crippen LogP contribution is -2.28. The van der Waals surface area contributed by atoms with Crippen LogP contribution in [0.4, 0.5) is 0 Å². The molecule has 0 aliphatic heterocycles. The monoisotopic (exact) mass is 328 g/mol. The van der Waals surface area contributed by atoms with E-state index in [0.29, 0.717) is 18.6 Å². The van der Waals surface area contributed by atoms with E-state index >= 15 is 0 Å². The normalized spacial score (nSPS) is 12.0. The minimum absolute atomic E-state index is 0.0743. The first-order valence-corrected chi connectivity index (χ1v) is 8.15. The minimum Gasteiger partial charge on any atom is -0.491 e. The number of aliphatic hydroxyl groups is 1. The Balaban J connectivity index is 1.79. The second kappa shape index (κ2) is 9.03. The first-order chi connectivity index (χ1) is 11.5. The van der Waals surface area contributed by atoms with E-state index in [1.165, 1.54) is 0 Å². The summed E-state index contributed by atoms with van der Waals surface area (Å²) in [5.74, 6) is 0.631. The highest BCUT2D eigenvalue weighted by Crippen LogP contribution is 2.20. The third kappa shape index (κ3) is 6.01. The molecule has 0 aliphatic rings. The number of aromatic nitrogens is 1. The van der Waals surface area contributed by atoms with Crippen molar-refractivity contribution in [3.63, 3.8) is 0 Å². The van der Waals surface area contributed by atoms with Crippen molar-refractivity contribution in [3.8, 4) is 5.75 Å². The molecular formula is C19H24N2O3. The number of nitrogens with one attached hydrogen (secondary N) is 1. The number of nitrogens with zero attached hydrogens (tertiary/aromatic N) is 1. The number of pyridine rings is 1. The highest BCUT2D eigenvalue weighted by Gasteiger charge is 2.11. The summed E-state index contributed by atoms with van der Waals surface area (Å²) in [5.41, 5.74) is 1.79. The van der Waals surface area contributed by atoms with Gasteiger partial charge in [0, 0.05) is 25.4 Å². The Morgan fingerprint density at radius 2 is 2.00 bits per heavy atom. The summed E-state index contributed by atoms with van der Waals surface area (Å²) >= 11 is 0. The Hall–Kier alpha value is -2.40. The fourth-order valence-electron chi connectivity index (χ4n) is 2.29. The molecule has 0 saturated carbocycles. The van der Waals surface area contributed by atoms with E-state index in [1.54, 1.807) is 18.5 Å². The number of carbonyl (C=O) groups excluding carboxylic acids is 1. The van der Waals surface area contributed by atoms with Gasteiger partial charge in [0.25, 0.3) is 0 Å². The molecule has 2 rings (SSSR count). The number of aliphatic hydroxyl groups excluding tert-OH is 1. The van der Waals surface area contributed by atoms with Crippen molar-refractivity contribution >= 4 is 5.91 Å². The lowest BCUT2D eigenvalue weighted by Gasteiger charge is -2.15. The van der Waals surface area contributed by atoms with Crippen molar-refractivity contribution in [2.45, 2.75) is 38.9 Å². The summed E-state index contributed by atoms with van der Waals surface area (Å²) in [7, 11) is 0. The third-order valence-electron chi connectivity index (χ3n) is 3.50. The van der Waals surface area contributed by atoms with Gasteiger partial charge in [-0.05, 0) is 55.7 Å². The number of benzene rings is 1. The zero-order valence-corrected chi connectivity index (χ0v) is 14.1. The van der Waals surface area contributed by atoms with Gasteiger partial charge >= 0.3 is 0 Å². The maximum atomic E-state index is 11.9. The maximum absolute atomic E-state index is 11.9. The average Bonchev–Trinajstić information content (AvgIpc) is 2.58. The van der Waals surface area contributed by atoms with Crippen molar-refractivity contribution in [3.05, 3.63) is 59.9 Å². The van der Waals surface area contributed by atoms with Crippen LogP contribution in [0.1, 0.15) is 37.5 Å². The van der Waals surface area contributed by atoms with E-state index in [9.17, 15) is 9.90 Å². The molecule has 1 aromatic heterocycles. The van der Waals surface area contributed by atoms with Crippen LogP contribution in [-0.4, -0.2) is 28.6 Å². The van der Waals surface area contributed by atoms with Gasteiger partial charge in [-0.15, -0.1) is 0 Å². The van der Waals surface area contributed by atoms with Crippen molar-refractivity contribution in [2.75, 3.05) is 6.54 Å². The molecule has 1 aromatic carbocycles. The molecule has 128 valence electrons. The van der Waals surface area contributed by atoms with Crippen LogP contribution in [0, 0.1) is 0 Å². The molecular weight excluding hydrogens is 304 g/mol. The summed E-state index contributed by atoms with van der Waals surface area (Å²) < 4.78 is 5.61. The standard InChI is InChI=1S/C19H24N2O3/c1-14(2)24-17-5-3-4-16(12-17)18(22)13-21-19(23)7-6-15-8-10-20-11-9-15/h3-5,8-12,14,18,22H,6-7,13H2,1-2H3,(H,21,23)/t18-/m0/s1. The molecule has 0 bridgehead atoms. The fraction of sp³-hybridized carbons (Fsp3) is 0.368. The first kappa shape index (κ1) is 17.9. The molecule has 0 radical (unpaired) electrons. The second-order valence-corrected chi connectivity index (χ2v) is 5.91. The quantitative estimate of drug-likeness (QED) is 0.781. The molecule has 1 heterocycles.